The maximum absolute atomic E-state index is 11.7. The lowest BCUT2D eigenvalue weighted by Gasteiger charge is -2.30. The van der Waals surface area contributed by atoms with E-state index in [4.69, 9.17) is 11.6 Å². The van der Waals surface area contributed by atoms with Crippen molar-refractivity contribution in [2.45, 2.75) is 25.6 Å². The number of anilines is 2. The fraction of sp³-hybridized carbons (Fsp3) is 0.333. The predicted octanol–water partition coefficient (Wildman–Crippen LogP) is 4.81. The Kier molecular flexibility index (Phi) is 6.87. The summed E-state index contributed by atoms with van der Waals surface area (Å²) in [7, 11) is 0. The molecule has 1 aliphatic heterocycles. The number of benzene rings is 1. The van der Waals surface area contributed by atoms with Gasteiger partial charge in [0.1, 0.15) is 5.38 Å². The van der Waals surface area contributed by atoms with Gasteiger partial charge in [0.25, 0.3) is 0 Å². The molecule has 3 rings (SSSR count). The van der Waals surface area contributed by atoms with Crippen molar-refractivity contribution in [2.24, 2.45) is 0 Å². The molecule has 1 atom stereocenters. The molecule has 0 radical (unpaired) electrons. The second-order valence-electron chi connectivity index (χ2n) is 5.93. The average Bonchev–Trinajstić information content (AvgIpc) is 3.10. The number of hydrogen-bond donors (Lipinski definition) is 1. The molecule has 134 valence electrons. The molecular formula is C18H21Cl2N3OS. The van der Waals surface area contributed by atoms with E-state index in [0.29, 0.717) is 0 Å². The zero-order valence-electron chi connectivity index (χ0n) is 14.2. The van der Waals surface area contributed by atoms with E-state index in [9.17, 15) is 4.79 Å². The standard InChI is InChI=1S/C18H20ClN3OS.ClH/c1-12-7-9-22(18-20-8-10-24-18)11-16(12)14-3-5-15(6-4-14)21-17(23)13(2)19;/h3-6,8,10,13H,7,9,11H2,1-2H3,(H,21,23);1H. The zero-order valence-corrected chi connectivity index (χ0v) is 16.5. The van der Waals surface area contributed by atoms with Crippen molar-refractivity contribution in [3.05, 3.63) is 47.0 Å². The minimum absolute atomic E-state index is 0. The van der Waals surface area contributed by atoms with Crippen molar-refractivity contribution in [1.29, 1.82) is 0 Å². The Balaban J connectivity index is 0.00000225. The zero-order chi connectivity index (χ0) is 17.1. The minimum Gasteiger partial charge on any atom is -0.343 e. The number of aromatic nitrogens is 1. The Hall–Kier alpha value is -1.56. The van der Waals surface area contributed by atoms with Gasteiger partial charge in [-0.3, -0.25) is 4.79 Å². The topological polar surface area (TPSA) is 45.2 Å². The molecule has 2 aromatic rings. The van der Waals surface area contributed by atoms with Gasteiger partial charge >= 0.3 is 0 Å². The van der Waals surface area contributed by atoms with Gasteiger partial charge in [-0.1, -0.05) is 17.7 Å². The molecule has 0 fully saturated rings. The number of amides is 1. The molecule has 25 heavy (non-hydrogen) atoms. The number of nitrogens with zero attached hydrogens (tertiary/aromatic N) is 2. The quantitative estimate of drug-likeness (QED) is 0.752. The Bertz CT molecular complexity index is 742. The Morgan fingerprint density at radius 2 is 2.08 bits per heavy atom. The van der Waals surface area contributed by atoms with E-state index in [-0.39, 0.29) is 18.3 Å². The second kappa shape index (κ2) is 8.70. The third kappa shape index (κ3) is 4.75. The van der Waals surface area contributed by atoms with E-state index < -0.39 is 5.38 Å². The van der Waals surface area contributed by atoms with Gasteiger partial charge < -0.3 is 10.2 Å². The van der Waals surface area contributed by atoms with Crippen LogP contribution in [0.2, 0.25) is 0 Å². The van der Waals surface area contributed by atoms with Crippen LogP contribution < -0.4 is 10.2 Å². The van der Waals surface area contributed by atoms with Gasteiger partial charge in [-0.25, -0.2) is 4.98 Å². The highest BCUT2D eigenvalue weighted by molar-refractivity contribution is 7.13. The van der Waals surface area contributed by atoms with Gasteiger partial charge in [-0.2, -0.15) is 0 Å². The van der Waals surface area contributed by atoms with E-state index in [0.717, 1.165) is 30.3 Å². The van der Waals surface area contributed by atoms with Crippen molar-refractivity contribution >= 4 is 57.6 Å². The largest absolute Gasteiger partial charge is 0.343 e. The molecule has 1 amide bonds. The lowest BCUT2D eigenvalue weighted by molar-refractivity contribution is -0.115. The number of nitrogens with one attached hydrogen (secondary N) is 1. The van der Waals surface area contributed by atoms with Crippen LogP contribution in [0.25, 0.3) is 5.57 Å². The normalized spacial score (nSPS) is 15.6. The third-order valence-electron chi connectivity index (χ3n) is 4.17. The molecule has 4 nitrogen and oxygen atoms in total. The first-order chi connectivity index (χ1) is 11.5. The van der Waals surface area contributed by atoms with Crippen LogP contribution >= 0.6 is 35.3 Å². The van der Waals surface area contributed by atoms with Crippen LogP contribution in [-0.2, 0) is 4.79 Å². The molecule has 0 spiro atoms. The van der Waals surface area contributed by atoms with E-state index in [1.54, 1.807) is 18.3 Å². The number of hydrogen-bond acceptors (Lipinski definition) is 4. The highest BCUT2D eigenvalue weighted by Crippen LogP contribution is 2.31. The van der Waals surface area contributed by atoms with Crippen LogP contribution in [0.3, 0.4) is 0 Å². The Morgan fingerprint density at radius 1 is 1.36 bits per heavy atom. The molecular weight excluding hydrogens is 377 g/mol. The van der Waals surface area contributed by atoms with Gasteiger partial charge in [0.2, 0.25) is 5.91 Å². The molecule has 0 bridgehead atoms. The van der Waals surface area contributed by atoms with Crippen molar-refractivity contribution < 1.29 is 4.79 Å². The van der Waals surface area contributed by atoms with Gasteiger partial charge in [0.05, 0.1) is 0 Å². The van der Waals surface area contributed by atoms with Crippen LogP contribution in [0.4, 0.5) is 10.8 Å². The maximum atomic E-state index is 11.7. The second-order valence-corrected chi connectivity index (χ2v) is 7.46. The van der Waals surface area contributed by atoms with E-state index >= 15 is 0 Å². The summed E-state index contributed by atoms with van der Waals surface area (Å²) in [6.45, 7) is 5.72. The summed E-state index contributed by atoms with van der Waals surface area (Å²) in [6, 6.07) is 7.96. The summed E-state index contributed by atoms with van der Waals surface area (Å²) in [5.74, 6) is -0.188. The molecule has 1 unspecified atom stereocenters. The SMILES string of the molecule is CC1=C(c2ccc(NC(=O)C(C)Cl)cc2)CN(c2nccs2)CC1.Cl. The summed E-state index contributed by atoms with van der Waals surface area (Å²) >= 11 is 7.46. The number of alkyl halides is 1. The van der Waals surface area contributed by atoms with Gasteiger partial charge in [0.15, 0.2) is 5.13 Å². The van der Waals surface area contributed by atoms with Gasteiger partial charge in [-0.05, 0) is 43.5 Å². The monoisotopic (exact) mass is 397 g/mol. The summed E-state index contributed by atoms with van der Waals surface area (Å²) in [4.78, 5) is 18.4. The lowest BCUT2D eigenvalue weighted by atomic mass is 9.95. The van der Waals surface area contributed by atoms with Crippen LogP contribution in [0, 0.1) is 0 Å². The molecule has 1 N–H and O–H groups in total. The molecule has 1 aromatic heterocycles. The lowest BCUT2D eigenvalue weighted by Crippen LogP contribution is -2.30. The van der Waals surface area contributed by atoms with Crippen LogP contribution in [0.5, 0.6) is 0 Å². The number of carbonyl (C=O) groups is 1. The minimum atomic E-state index is -0.542. The highest BCUT2D eigenvalue weighted by atomic mass is 35.5. The molecule has 0 saturated carbocycles. The first-order valence-corrected chi connectivity index (χ1v) is 9.24. The smallest absolute Gasteiger partial charge is 0.242 e. The summed E-state index contributed by atoms with van der Waals surface area (Å²) in [5, 5.41) is 5.35. The van der Waals surface area contributed by atoms with E-state index in [1.807, 2.05) is 23.7 Å². The molecule has 7 heteroatoms. The fourth-order valence-electron chi connectivity index (χ4n) is 2.73. The van der Waals surface area contributed by atoms with E-state index in [2.05, 4.69) is 34.3 Å². The van der Waals surface area contributed by atoms with Crippen molar-refractivity contribution in [3.8, 4) is 0 Å². The third-order valence-corrected chi connectivity index (χ3v) is 5.20. The summed E-state index contributed by atoms with van der Waals surface area (Å²) in [6.07, 6.45) is 2.89. The van der Waals surface area contributed by atoms with Crippen molar-refractivity contribution in [1.82, 2.24) is 4.98 Å². The predicted molar refractivity (Wildman–Crippen MR) is 109 cm³/mol. The number of thiazole rings is 1. The molecule has 1 aliphatic rings. The molecule has 0 aliphatic carbocycles. The summed E-state index contributed by atoms with van der Waals surface area (Å²) in [5.41, 5.74) is 4.70. The number of carbonyl (C=O) groups excluding carboxylic acids is 1. The number of halogens is 2. The maximum Gasteiger partial charge on any atom is 0.242 e. The molecule has 2 heterocycles. The first kappa shape index (κ1) is 19.8. The van der Waals surface area contributed by atoms with Crippen molar-refractivity contribution in [2.75, 3.05) is 23.3 Å². The van der Waals surface area contributed by atoms with E-state index in [1.165, 1.54) is 16.7 Å². The Morgan fingerprint density at radius 3 is 2.68 bits per heavy atom. The fourth-order valence-corrected chi connectivity index (χ4v) is 3.45. The average molecular weight is 398 g/mol. The number of rotatable bonds is 4. The van der Waals surface area contributed by atoms with Gasteiger partial charge in [0, 0.05) is 30.4 Å². The Labute approximate surface area is 163 Å². The molecule has 0 saturated heterocycles. The molecule has 1 aromatic carbocycles. The van der Waals surface area contributed by atoms with Gasteiger partial charge in [-0.15, -0.1) is 35.3 Å². The highest BCUT2D eigenvalue weighted by Gasteiger charge is 2.19. The first-order valence-electron chi connectivity index (χ1n) is 7.93. The van der Waals surface area contributed by atoms with Crippen LogP contribution in [0.15, 0.2) is 41.4 Å². The van der Waals surface area contributed by atoms with Crippen LogP contribution in [0.1, 0.15) is 25.8 Å². The van der Waals surface area contributed by atoms with Crippen LogP contribution in [-0.4, -0.2) is 29.4 Å². The van der Waals surface area contributed by atoms with Crippen molar-refractivity contribution in [3.63, 3.8) is 0 Å². The summed E-state index contributed by atoms with van der Waals surface area (Å²) < 4.78 is 0.